The summed E-state index contributed by atoms with van der Waals surface area (Å²) in [5, 5.41) is 3.88. The van der Waals surface area contributed by atoms with Crippen LogP contribution < -0.4 is 5.43 Å². The van der Waals surface area contributed by atoms with Crippen molar-refractivity contribution in [2.24, 2.45) is 10.1 Å². The molecule has 0 saturated carbocycles. The van der Waals surface area contributed by atoms with Crippen molar-refractivity contribution in [3.63, 3.8) is 0 Å². The standard InChI is InChI=1S/C7H11N3O2/c1-4-6(8-5(2)11)7(12-3)10-9-4/h7,10H,1-3H3. The lowest BCUT2D eigenvalue weighted by Gasteiger charge is -2.07. The average Bonchev–Trinajstić information content (AvgIpc) is 2.32. The molecule has 1 atom stereocenters. The molecule has 0 aromatic carbocycles. The molecule has 5 heteroatoms. The molecule has 0 saturated heterocycles. The van der Waals surface area contributed by atoms with E-state index in [2.05, 4.69) is 15.5 Å². The van der Waals surface area contributed by atoms with Crippen molar-refractivity contribution in [3.05, 3.63) is 0 Å². The van der Waals surface area contributed by atoms with Gasteiger partial charge in [-0.3, -0.25) is 10.2 Å². The highest BCUT2D eigenvalue weighted by molar-refractivity contribution is 6.45. The second-order valence-corrected chi connectivity index (χ2v) is 2.46. The number of carbonyl (C=O) groups is 1. The summed E-state index contributed by atoms with van der Waals surface area (Å²) in [6.07, 6.45) is -0.381. The summed E-state index contributed by atoms with van der Waals surface area (Å²) in [5.41, 5.74) is 3.95. The molecule has 1 heterocycles. The van der Waals surface area contributed by atoms with Gasteiger partial charge in [-0.15, -0.1) is 0 Å². The predicted molar refractivity (Wildman–Crippen MR) is 45.2 cm³/mol. The van der Waals surface area contributed by atoms with Gasteiger partial charge in [-0.25, -0.2) is 4.99 Å². The van der Waals surface area contributed by atoms with E-state index in [9.17, 15) is 4.79 Å². The van der Waals surface area contributed by atoms with E-state index in [-0.39, 0.29) is 12.1 Å². The first-order chi connectivity index (χ1) is 5.65. The zero-order chi connectivity index (χ0) is 9.14. The van der Waals surface area contributed by atoms with Gasteiger partial charge in [0.05, 0.1) is 5.71 Å². The van der Waals surface area contributed by atoms with Crippen molar-refractivity contribution in [1.82, 2.24) is 5.43 Å². The first-order valence-electron chi connectivity index (χ1n) is 3.57. The summed E-state index contributed by atoms with van der Waals surface area (Å²) in [4.78, 5) is 14.5. The summed E-state index contributed by atoms with van der Waals surface area (Å²) in [7, 11) is 1.53. The van der Waals surface area contributed by atoms with Crippen molar-refractivity contribution in [1.29, 1.82) is 0 Å². The molecule has 0 aliphatic carbocycles. The number of ether oxygens (including phenoxy) is 1. The van der Waals surface area contributed by atoms with E-state index < -0.39 is 0 Å². The molecule has 1 amide bonds. The Kier molecular flexibility index (Phi) is 2.54. The molecule has 0 radical (unpaired) electrons. The second kappa shape index (κ2) is 3.44. The molecule has 0 fully saturated rings. The van der Waals surface area contributed by atoms with Crippen LogP contribution in [0.25, 0.3) is 0 Å². The highest BCUT2D eigenvalue weighted by Gasteiger charge is 2.23. The molecule has 0 aromatic rings. The maximum absolute atomic E-state index is 10.7. The van der Waals surface area contributed by atoms with E-state index in [1.165, 1.54) is 14.0 Å². The van der Waals surface area contributed by atoms with E-state index in [0.29, 0.717) is 11.4 Å². The van der Waals surface area contributed by atoms with Crippen molar-refractivity contribution in [2.75, 3.05) is 7.11 Å². The van der Waals surface area contributed by atoms with Gasteiger partial charge in [-0.2, -0.15) is 5.10 Å². The third kappa shape index (κ3) is 1.68. The Hall–Kier alpha value is -1.23. The normalized spacial score (nSPS) is 25.4. The van der Waals surface area contributed by atoms with Crippen LogP contribution in [0.5, 0.6) is 0 Å². The molecule has 1 aliphatic rings. The minimum absolute atomic E-state index is 0.245. The second-order valence-electron chi connectivity index (χ2n) is 2.46. The number of amides is 1. The van der Waals surface area contributed by atoms with Crippen LogP contribution in [0.1, 0.15) is 13.8 Å². The number of rotatable bonds is 1. The average molecular weight is 169 g/mol. The molecular weight excluding hydrogens is 158 g/mol. The number of aliphatic imine (C=N–C) groups is 1. The molecule has 0 spiro atoms. The van der Waals surface area contributed by atoms with Gasteiger partial charge in [0.1, 0.15) is 5.71 Å². The molecule has 0 aromatic heterocycles. The maximum atomic E-state index is 10.7. The molecule has 1 unspecified atom stereocenters. The summed E-state index contributed by atoms with van der Waals surface area (Å²) in [6.45, 7) is 3.17. The van der Waals surface area contributed by atoms with Crippen molar-refractivity contribution in [2.45, 2.75) is 20.1 Å². The van der Waals surface area contributed by atoms with Crippen LogP contribution in [-0.2, 0) is 9.53 Å². The lowest BCUT2D eigenvalue weighted by Crippen LogP contribution is -2.31. The van der Waals surface area contributed by atoms with E-state index >= 15 is 0 Å². The Bertz CT molecular complexity index is 257. The number of nitrogens with zero attached hydrogens (tertiary/aromatic N) is 2. The van der Waals surface area contributed by atoms with Crippen molar-refractivity contribution in [3.8, 4) is 0 Å². The molecule has 1 aliphatic heterocycles. The van der Waals surface area contributed by atoms with Gasteiger partial charge < -0.3 is 4.74 Å². The molecule has 1 N–H and O–H groups in total. The van der Waals surface area contributed by atoms with Gasteiger partial charge in [-0.05, 0) is 6.92 Å². The fourth-order valence-corrected chi connectivity index (χ4v) is 0.937. The van der Waals surface area contributed by atoms with Crippen molar-refractivity contribution >= 4 is 17.3 Å². The van der Waals surface area contributed by atoms with Gasteiger partial charge in [-0.1, -0.05) is 0 Å². The molecule has 1 rings (SSSR count). The van der Waals surface area contributed by atoms with Crippen LogP contribution in [0.4, 0.5) is 0 Å². The minimum Gasteiger partial charge on any atom is -0.354 e. The summed E-state index contributed by atoms with van der Waals surface area (Å²) in [5.74, 6) is -0.245. The van der Waals surface area contributed by atoms with E-state index in [0.717, 1.165) is 0 Å². The van der Waals surface area contributed by atoms with Crippen LogP contribution in [0, 0.1) is 0 Å². The summed E-state index contributed by atoms with van der Waals surface area (Å²) in [6, 6.07) is 0. The Morgan fingerprint density at radius 3 is 2.92 bits per heavy atom. The highest BCUT2D eigenvalue weighted by Crippen LogP contribution is 2.01. The number of hydrogen-bond donors (Lipinski definition) is 1. The topological polar surface area (TPSA) is 63.0 Å². The largest absolute Gasteiger partial charge is 0.354 e. The Labute approximate surface area is 70.5 Å². The van der Waals surface area contributed by atoms with Crippen LogP contribution in [0.15, 0.2) is 10.1 Å². The Morgan fingerprint density at radius 2 is 2.42 bits per heavy atom. The molecule has 66 valence electrons. The fraction of sp³-hybridized carbons (Fsp3) is 0.571. The number of hydrogen-bond acceptors (Lipinski definition) is 4. The van der Waals surface area contributed by atoms with E-state index in [4.69, 9.17) is 4.74 Å². The van der Waals surface area contributed by atoms with Gasteiger partial charge in [0.2, 0.25) is 5.91 Å². The van der Waals surface area contributed by atoms with Crippen LogP contribution in [0.3, 0.4) is 0 Å². The predicted octanol–water partition coefficient (Wildman–Crippen LogP) is -0.0745. The molecule has 5 nitrogen and oxygen atoms in total. The van der Waals surface area contributed by atoms with Crippen LogP contribution >= 0.6 is 0 Å². The van der Waals surface area contributed by atoms with Crippen molar-refractivity contribution < 1.29 is 9.53 Å². The molecular formula is C7H11N3O2. The third-order valence-electron chi connectivity index (χ3n) is 1.48. The van der Waals surface area contributed by atoms with E-state index in [1.54, 1.807) is 6.92 Å². The number of methoxy groups -OCH3 is 1. The number of carbonyl (C=O) groups excluding carboxylic acids is 1. The minimum atomic E-state index is -0.381. The fourth-order valence-electron chi connectivity index (χ4n) is 0.937. The Morgan fingerprint density at radius 1 is 1.75 bits per heavy atom. The highest BCUT2D eigenvalue weighted by atomic mass is 16.5. The molecule has 12 heavy (non-hydrogen) atoms. The van der Waals surface area contributed by atoms with E-state index in [1.807, 2.05) is 0 Å². The van der Waals surface area contributed by atoms with Gasteiger partial charge in [0, 0.05) is 14.0 Å². The van der Waals surface area contributed by atoms with Crippen LogP contribution in [-0.4, -0.2) is 30.7 Å². The first-order valence-corrected chi connectivity index (χ1v) is 3.57. The van der Waals surface area contributed by atoms with Gasteiger partial charge >= 0.3 is 0 Å². The Balaban J connectivity index is 2.84. The first kappa shape index (κ1) is 8.86. The lowest BCUT2D eigenvalue weighted by atomic mass is 10.2. The molecule has 0 bridgehead atoms. The number of nitrogens with one attached hydrogen (secondary N) is 1. The monoisotopic (exact) mass is 169 g/mol. The smallest absolute Gasteiger partial charge is 0.243 e. The lowest BCUT2D eigenvalue weighted by molar-refractivity contribution is -0.115. The maximum Gasteiger partial charge on any atom is 0.243 e. The SMILES string of the molecule is COC1NN=C(C)C1=NC(C)=O. The van der Waals surface area contributed by atoms with Gasteiger partial charge in [0.15, 0.2) is 6.23 Å². The zero-order valence-electron chi connectivity index (χ0n) is 7.29. The van der Waals surface area contributed by atoms with Crippen LogP contribution in [0.2, 0.25) is 0 Å². The van der Waals surface area contributed by atoms with Gasteiger partial charge in [0.25, 0.3) is 0 Å². The summed E-state index contributed by atoms with van der Waals surface area (Å²) < 4.78 is 4.99. The number of hydrazone groups is 1. The summed E-state index contributed by atoms with van der Waals surface area (Å²) >= 11 is 0. The quantitative estimate of drug-likeness (QED) is 0.597. The third-order valence-corrected chi connectivity index (χ3v) is 1.48. The zero-order valence-corrected chi connectivity index (χ0v) is 7.29.